The molecule has 0 fully saturated rings. The second-order valence-electron chi connectivity index (χ2n) is 3.98. The minimum absolute atomic E-state index is 0. The molecule has 0 bridgehead atoms. The van der Waals surface area contributed by atoms with Crippen LogP contribution in [0.2, 0.25) is 0 Å². The van der Waals surface area contributed by atoms with Gasteiger partial charge < -0.3 is 29.7 Å². The molecule has 1 unspecified atom stereocenters. The summed E-state index contributed by atoms with van der Waals surface area (Å²) >= 11 is 3.44. The molecule has 3 aliphatic rings. The quantitative estimate of drug-likeness (QED) is 0.300. The fraction of sp³-hybridized carbons (Fsp3) is 0.286. The molecule has 0 saturated carbocycles. The Labute approximate surface area is 155 Å². The number of allylic oxidation sites excluding steroid dienone is 6. The molecule has 0 aromatic rings. The first-order valence-corrected chi connectivity index (χ1v) is 6.12. The predicted molar refractivity (Wildman–Crippen MR) is 70.6 cm³/mol. The topological polar surface area (TPSA) is 3.24 Å². The number of likely N-dealkylation sites (N-methyl/N-ethyl adjacent to an activating group) is 1. The molecule has 0 aromatic heterocycles. The summed E-state index contributed by atoms with van der Waals surface area (Å²) < 4.78 is 1.05. The number of fused-ring (bicyclic) bond motifs is 1. The van der Waals surface area contributed by atoms with Crippen molar-refractivity contribution >= 4 is 15.9 Å². The second kappa shape index (κ2) is 10.2. The molecule has 1 nitrogen and oxygen atoms in total. The first-order valence-electron chi connectivity index (χ1n) is 5.32. The van der Waals surface area contributed by atoms with E-state index in [1.54, 1.807) is 0 Å². The Kier molecular flexibility index (Phi) is 11.7. The van der Waals surface area contributed by atoms with Crippen LogP contribution in [0.1, 0.15) is 13.3 Å². The third-order valence-corrected chi connectivity index (χ3v) is 3.44. The van der Waals surface area contributed by atoms with Crippen molar-refractivity contribution in [3.8, 4) is 0 Å². The third kappa shape index (κ3) is 5.75. The van der Waals surface area contributed by atoms with Crippen LogP contribution in [-0.4, -0.2) is 18.0 Å². The van der Waals surface area contributed by atoms with Gasteiger partial charge in [0.1, 0.15) is 0 Å². The van der Waals surface area contributed by atoms with Crippen molar-refractivity contribution in [2.75, 3.05) is 7.05 Å². The Balaban J connectivity index is 0. The molecule has 1 heterocycles. The van der Waals surface area contributed by atoms with Crippen LogP contribution in [-0.2, 0) is 26.2 Å². The summed E-state index contributed by atoms with van der Waals surface area (Å²) in [5.74, 6) is 0. The van der Waals surface area contributed by atoms with Gasteiger partial charge in [-0.25, -0.2) is 24.3 Å². The minimum Gasteiger partial charge on any atom is -1.00 e. The number of hydrogen-bond acceptors (Lipinski definition) is 1. The molecule has 0 radical (unpaired) electrons. The maximum absolute atomic E-state index is 3.44. The molecule has 5 heteroatoms. The van der Waals surface area contributed by atoms with E-state index < -0.39 is 0 Å². The standard InChI is InChI=1S/C9H9BrN.C5H5.2ClH.Zr/c1-6-3-7-5-9(10)11(2)8(7)4-6;1-2-4-5-3-1;;;/h3-4,8H,1-2H3;1-3H,4H2;2*1H;/q2*-1;;;+4/p-2. The van der Waals surface area contributed by atoms with Crippen molar-refractivity contribution in [1.29, 1.82) is 0 Å². The van der Waals surface area contributed by atoms with Crippen molar-refractivity contribution in [2.24, 2.45) is 0 Å². The molecule has 3 rings (SSSR count). The summed E-state index contributed by atoms with van der Waals surface area (Å²) in [6, 6.07) is 0.435. The summed E-state index contributed by atoms with van der Waals surface area (Å²) in [7, 11) is 2.07. The van der Waals surface area contributed by atoms with E-state index in [1.165, 1.54) is 11.1 Å². The van der Waals surface area contributed by atoms with E-state index in [0.717, 1.165) is 11.0 Å². The van der Waals surface area contributed by atoms with Crippen molar-refractivity contribution < 1.29 is 51.0 Å². The fourth-order valence-electron chi connectivity index (χ4n) is 1.82. The Morgan fingerprint density at radius 1 is 1.37 bits per heavy atom. The summed E-state index contributed by atoms with van der Waals surface area (Å²) in [5, 5.41) is 0. The van der Waals surface area contributed by atoms with Gasteiger partial charge in [0.25, 0.3) is 0 Å². The van der Waals surface area contributed by atoms with Crippen LogP contribution in [0, 0.1) is 12.2 Å². The van der Waals surface area contributed by atoms with E-state index in [4.69, 9.17) is 0 Å². The summed E-state index contributed by atoms with van der Waals surface area (Å²) in [5.41, 5.74) is 2.61. The van der Waals surface area contributed by atoms with Crippen LogP contribution in [0.5, 0.6) is 0 Å². The van der Waals surface area contributed by atoms with Crippen molar-refractivity contribution in [3.05, 3.63) is 58.3 Å². The number of rotatable bonds is 0. The van der Waals surface area contributed by atoms with Gasteiger partial charge in [-0.3, -0.25) is 6.08 Å². The predicted octanol–water partition coefficient (Wildman–Crippen LogP) is -2.46. The van der Waals surface area contributed by atoms with E-state index in [0.29, 0.717) is 6.04 Å². The SMILES string of the molecule is CC1=CC2C(=C1)[C-]=C(Br)N2C.[C-]1=CC=CC1.[Cl-].[Cl-].[Zr+4]. The molecule has 0 aromatic carbocycles. The zero-order chi connectivity index (χ0) is 11.5. The van der Waals surface area contributed by atoms with E-state index >= 15 is 0 Å². The molecule has 1 atom stereocenters. The van der Waals surface area contributed by atoms with Crippen LogP contribution in [0.4, 0.5) is 0 Å². The van der Waals surface area contributed by atoms with Crippen molar-refractivity contribution in [1.82, 2.24) is 4.90 Å². The molecule has 2 aliphatic carbocycles. The normalized spacial score (nSPS) is 20.9. The molecular weight excluding hydrogens is 424 g/mol. The third-order valence-electron chi connectivity index (χ3n) is 2.68. The van der Waals surface area contributed by atoms with Gasteiger partial charge in [0.05, 0.1) is 0 Å². The molecule has 0 N–H and O–H groups in total. The minimum atomic E-state index is 0. The number of nitrogens with zero attached hydrogens (tertiary/aromatic N) is 1. The molecule has 1 aliphatic heterocycles. The van der Waals surface area contributed by atoms with Gasteiger partial charge in [0.15, 0.2) is 0 Å². The maximum atomic E-state index is 3.44. The Morgan fingerprint density at radius 2 is 2.05 bits per heavy atom. The summed E-state index contributed by atoms with van der Waals surface area (Å²) in [4.78, 5) is 2.17. The fourth-order valence-corrected chi connectivity index (χ4v) is 2.27. The molecule has 100 valence electrons. The van der Waals surface area contributed by atoms with Gasteiger partial charge in [-0.2, -0.15) is 11.6 Å². The average Bonchev–Trinajstić information content (AvgIpc) is 2.92. The van der Waals surface area contributed by atoms with Crippen molar-refractivity contribution in [2.45, 2.75) is 19.4 Å². The van der Waals surface area contributed by atoms with Crippen LogP contribution < -0.4 is 24.8 Å². The van der Waals surface area contributed by atoms with E-state index in [9.17, 15) is 0 Å². The zero-order valence-electron chi connectivity index (χ0n) is 10.8. The van der Waals surface area contributed by atoms with E-state index in [-0.39, 0.29) is 51.0 Å². The molecule has 0 saturated heterocycles. The monoisotopic (exact) mass is 435 g/mol. The number of hydrogen-bond donors (Lipinski definition) is 0. The van der Waals surface area contributed by atoms with Gasteiger partial charge >= 0.3 is 26.2 Å². The number of halogens is 3. The molecular formula is C14H14BrCl2NZr. The van der Waals surface area contributed by atoms with Crippen LogP contribution >= 0.6 is 15.9 Å². The van der Waals surface area contributed by atoms with E-state index in [1.807, 2.05) is 12.2 Å². The molecule has 0 spiro atoms. The van der Waals surface area contributed by atoms with Gasteiger partial charge in [-0.15, -0.1) is 12.0 Å². The van der Waals surface area contributed by atoms with Crippen LogP contribution in [0.3, 0.4) is 0 Å². The van der Waals surface area contributed by atoms with Crippen molar-refractivity contribution in [3.63, 3.8) is 0 Å². The van der Waals surface area contributed by atoms with Crippen LogP contribution in [0.15, 0.2) is 46.1 Å². The largest absolute Gasteiger partial charge is 4.00 e. The Morgan fingerprint density at radius 3 is 2.47 bits per heavy atom. The van der Waals surface area contributed by atoms with Gasteiger partial charge in [0.2, 0.25) is 0 Å². The van der Waals surface area contributed by atoms with Gasteiger partial charge in [-0.1, -0.05) is 28.9 Å². The van der Waals surface area contributed by atoms with E-state index in [2.05, 4.69) is 65.2 Å². The second-order valence-corrected chi connectivity index (χ2v) is 4.74. The molecule has 19 heavy (non-hydrogen) atoms. The smallest absolute Gasteiger partial charge is 1.00 e. The molecule has 0 amide bonds. The zero-order valence-corrected chi connectivity index (χ0v) is 16.3. The first kappa shape index (κ1) is 21.7. The Bertz CT molecular complexity index is 429. The maximum Gasteiger partial charge on any atom is 4.00 e. The first-order chi connectivity index (χ1) is 7.68. The van der Waals surface area contributed by atoms with Gasteiger partial charge in [-0.05, 0) is 4.61 Å². The average molecular weight is 438 g/mol. The van der Waals surface area contributed by atoms with Crippen LogP contribution in [0.25, 0.3) is 0 Å². The summed E-state index contributed by atoms with van der Waals surface area (Å²) in [6.45, 7) is 2.12. The Hall–Kier alpha value is 0.443. The van der Waals surface area contributed by atoms with Gasteiger partial charge in [0, 0.05) is 13.1 Å². The summed E-state index contributed by atoms with van der Waals surface area (Å²) in [6.07, 6.45) is 17.7.